The zero-order valence-corrected chi connectivity index (χ0v) is 16.4. The topological polar surface area (TPSA) is 38.8 Å². The van der Waals surface area contributed by atoms with Gasteiger partial charge >= 0.3 is 0 Å². The zero-order valence-electron chi connectivity index (χ0n) is 16.4. The number of ether oxygens (including phenoxy) is 2. The van der Waals surface area contributed by atoms with E-state index in [-0.39, 0.29) is 18.6 Å². The molecule has 0 saturated carbocycles. The minimum absolute atomic E-state index is 0.0556. The van der Waals surface area contributed by atoms with E-state index in [1.54, 1.807) is 0 Å². The maximum Gasteiger partial charge on any atom is 0.248 e. The average Bonchev–Trinajstić information content (AvgIpc) is 2.79. The number of rotatable bonds is 7. The molecule has 0 aliphatic carbocycles. The molecule has 0 unspecified atom stereocenters. The van der Waals surface area contributed by atoms with Crippen LogP contribution in [0.2, 0.25) is 0 Å². The van der Waals surface area contributed by atoms with Gasteiger partial charge in [0.25, 0.3) is 0 Å². The minimum atomic E-state index is -0.105. The summed E-state index contributed by atoms with van der Waals surface area (Å²) in [6, 6.07) is 28.3. The molecule has 4 heteroatoms. The number of benzene rings is 3. The van der Waals surface area contributed by atoms with Gasteiger partial charge in [-0.25, -0.2) is 0 Å². The number of nitrogens with zero attached hydrogens (tertiary/aromatic N) is 1. The van der Waals surface area contributed by atoms with Gasteiger partial charge in [-0.1, -0.05) is 72.8 Å². The van der Waals surface area contributed by atoms with Crippen molar-refractivity contribution in [2.45, 2.75) is 19.1 Å². The summed E-state index contributed by atoms with van der Waals surface area (Å²) in [5.41, 5.74) is 3.44. The van der Waals surface area contributed by atoms with Crippen LogP contribution in [0, 0.1) is 0 Å². The fourth-order valence-corrected chi connectivity index (χ4v) is 3.46. The molecular formula is C25H25NO3. The SMILES string of the molecule is O=C1CO[C@@H](c2ccc(OCc3ccccc3)cc2)CN1CCc1ccccc1. The number of hydrogen-bond donors (Lipinski definition) is 0. The molecule has 1 atom stereocenters. The molecule has 4 nitrogen and oxygen atoms in total. The van der Waals surface area contributed by atoms with Gasteiger partial charge in [0.2, 0.25) is 5.91 Å². The third-order valence-electron chi connectivity index (χ3n) is 5.16. The normalized spacial score (nSPS) is 16.6. The Labute approximate surface area is 171 Å². The third-order valence-corrected chi connectivity index (χ3v) is 5.16. The molecule has 3 aromatic rings. The van der Waals surface area contributed by atoms with E-state index in [1.165, 1.54) is 5.56 Å². The Morgan fingerprint density at radius 1 is 0.862 bits per heavy atom. The standard InChI is InChI=1S/C25H25NO3/c27-25-19-29-24(17-26(25)16-15-20-7-3-1-4-8-20)22-11-13-23(14-12-22)28-18-21-9-5-2-6-10-21/h1-14,24H,15-19H2/t24-/m1/s1. The third kappa shape index (κ3) is 5.24. The first-order valence-electron chi connectivity index (χ1n) is 9.98. The molecule has 148 valence electrons. The predicted octanol–water partition coefficient (Wildman–Crippen LogP) is 4.41. The molecular weight excluding hydrogens is 362 g/mol. The van der Waals surface area contributed by atoms with Gasteiger partial charge in [0.15, 0.2) is 0 Å². The Kier molecular flexibility index (Phi) is 6.22. The first kappa shape index (κ1) is 19.2. The van der Waals surface area contributed by atoms with Crippen molar-refractivity contribution >= 4 is 5.91 Å². The number of morpholine rings is 1. The highest BCUT2D eigenvalue weighted by Gasteiger charge is 2.27. The van der Waals surface area contributed by atoms with Crippen LogP contribution in [-0.2, 0) is 22.6 Å². The molecule has 4 rings (SSSR count). The first-order valence-corrected chi connectivity index (χ1v) is 9.98. The fraction of sp³-hybridized carbons (Fsp3) is 0.240. The van der Waals surface area contributed by atoms with Crippen LogP contribution in [0.3, 0.4) is 0 Å². The fourth-order valence-electron chi connectivity index (χ4n) is 3.46. The maximum absolute atomic E-state index is 12.2. The van der Waals surface area contributed by atoms with E-state index in [0.717, 1.165) is 23.3 Å². The molecule has 0 bridgehead atoms. The van der Waals surface area contributed by atoms with Gasteiger partial charge in [0, 0.05) is 6.54 Å². The Bertz CT molecular complexity index is 910. The monoisotopic (exact) mass is 387 g/mol. The summed E-state index contributed by atoms with van der Waals surface area (Å²) >= 11 is 0. The quantitative estimate of drug-likeness (QED) is 0.603. The van der Waals surface area contributed by atoms with Gasteiger partial charge in [0.05, 0.1) is 6.54 Å². The molecule has 0 spiro atoms. The number of carbonyl (C=O) groups is 1. The Balaban J connectivity index is 1.33. The van der Waals surface area contributed by atoms with Gasteiger partial charge < -0.3 is 14.4 Å². The highest BCUT2D eigenvalue weighted by molar-refractivity contribution is 5.78. The highest BCUT2D eigenvalue weighted by Crippen LogP contribution is 2.25. The van der Waals surface area contributed by atoms with Gasteiger partial charge in [0.1, 0.15) is 25.1 Å². The van der Waals surface area contributed by atoms with Crippen molar-refractivity contribution in [2.75, 3.05) is 19.7 Å². The van der Waals surface area contributed by atoms with Crippen molar-refractivity contribution in [2.24, 2.45) is 0 Å². The predicted molar refractivity (Wildman–Crippen MR) is 113 cm³/mol. The number of hydrogen-bond acceptors (Lipinski definition) is 3. The molecule has 1 saturated heterocycles. The van der Waals surface area contributed by atoms with E-state index in [4.69, 9.17) is 9.47 Å². The van der Waals surface area contributed by atoms with Gasteiger partial charge in [-0.3, -0.25) is 4.79 Å². The summed E-state index contributed by atoms with van der Waals surface area (Å²) in [5.74, 6) is 0.880. The van der Waals surface area contributed by atoms with Crippen LogP contribution in [0.15, 0.2) is 84.9 Å². The summed E-state index contributed by atoms with van der Waals surface area (Å²) in [7, 11) is 0. The van der Waals surface area contributed by atoms with Gasteiger partial charge in [-0.2, -0.15) is 0 Å². The van der Waals surface area contributed by atoms with E-state index in [9.17, 15) is 4.79 Å². The Morgan fingerprint density at radius 2 is 1.52 bits per heavy atom. The lowest BCUT2D eigenvalue weighted by Gasteiger charge is -2.33. The Hall–Kier alpha value is -3.11. The van der Waals surface area contributed by atoms with Crippen molar-refractivity contribution in [3.8, 4) is 5.75 Å². The lowest BCUT2D eigenvalue weighted by atomic mass is 10.1. The number of carbonyl (C=O) groups excluding carboxylic acids is 1. The minimum Gasteiger partial charge on any atom is -0.489 e. The van der Waals surface area contributed by atoms with Crippen molar-refractivity contribution in [1.82, 2.24) is 4.90 Å². The molecule has 1 aliphatic rings. The van der Waals surface area contributed by atoms with Gasteiger partial charge in [-0.15, -0.1) is 0 Å². The van der Waals surface area contributed by atoms with E-state index >= 15 is 0 Å². The van der Waals surface area contributed by atoms with Crippen LogP contribution in [0.1, 0.15) is 22.8 Å². The van der Waals surface area contributed by atoms with Crippen LogP contribution in [0.4, 0.5) is 0 Å². The van der Waals surface area contributed by atoms with E-state index in [1.807, 2.05) is 77.7 Å². The van der Waals surface area contributed by atoms with Crippen LogP contribution < -0.4 is 4.74 Å². The highest BCUT2D eigenvalue weighted by atomic mass is 16.5. The molecule has 0 N–H and O–H groups in total. The van der Waals surface area contributed by atoms with E-state index < -0.39 is 0 Å². The molecule has 3 aromatic carbocycles. The molecule has 1 heterocycles. The second-order valence-corrected chi connectivity index (χ2v) is 7.22. The molecule has 1 amide bonds. The van der Waals surface area contributed by atoms with Crippen molar-refractivity contribution in [3.05, 3.63) is 102 Å². The second kappa shape index (κ2) is 9.39. The van der Waals surface area contributed by atoms with Crippen molar-refractivity contribution in [1.29, 1.82) is 0 Å². The second-order valence-electron chi connectivity index (χ2n) is 7.22. The van der Waals surface area contributed by atoms with Crippen LogP contribution in [-0.4, -0.2) is 30.5 Å². The lowest BCUT2D eigenvalue weighted by Crippen LogP contribution is -2.44. The summed E-state index contributed by atoms with van der Waals surface area (Å²) in [5, 5.41) is 0. The Morgan fingerprint density at radius 3 is 2.21 bits per heavy atom. The smallest absolute Gasteiger partial charge is 0.248 e. The first-order chi connectivity index (χ1) is 14.3. The summed E-state index contributed by atoms with van der Waals surface area (Å²) in [6.45, 7) is 1.96. The molecule has 0 aromatic heterocycles. The summed E-state index contributed by atoms with van der Waals surface area (Å²) in [6.07, 6.45) is 0.748. The van der Waals surface area contributed by atoms with Crippen molar-refractivity contribution < 1.29 is 14.3 Å². The van der Waals surface area contributed by atoms with Crippen molar-refractivity contribution in [3.63, 3.8) is 0 Å². The van der Waals surface area contributed by atoms with E-state index in [0.29, 0.717) is 19.7 Å². The van der Waals surface area contributed by atoms with Crippen LogP contribution in [0.25, 0.3) is 0 Å². The van der Waals surface area contributed by atoms with Crippen LogP contribution in [0.5, 0.6) is 5.75 Å². The molecule has 29 heavy (non-hydrogen) atoms. The number of amides is 1. The van der Waals surface area contributed by atoms with Gasteiger partial charge in [-0.05, 0) is 35.2 Å². The van der Waals surface area contributed by atoms with E-state index in [2.05, 4.69) is 12.1 Å². The molecule has 0 radical (unpaired) electrons. The zero-order chi connectivity index (χ0) is 19.9. The largest absolute Gasteiger partial charge is 0.489 e. The maximum atomic E-state index is 12.2. The average molecular weight is 387 g/mol. The summed E-state index contributed by atoms with van der Waals surface area (Å²) in [4.78, 5) is 14.2. The molecule has 1 aliphatic heterocycles. The summed E-state index contributed by atoms with van der Waals surface area (Å²) < 4.78 is 11.7. The molecule has 1 fully saturated rings. The lowest BCUT2D eigenvalue weighted by molar-refractivity contribution is -0.149. The van der Waals surface area contributed by atoms with Crippen LogP contribution >= 0.6 is 0 Å².